The highest BCUT2D eigenvalue weighted by Crippen LogP contribution is 2.07. The Kier molecular flexibility index (Phi) is 4.59. The van der Waals surface area contributed by atoms with Crippen LogP contribution in [0, 0.1) is 5.82 Å². The van der Waals surface area contributed by atoms with Crippen molar-refractivity contribution in [3.8, 4) is 0 Å². The number of carbonyl (C=O) groups is 2. The van der Waals surface area contributed by atoms with E-state index in [1.165, 1.54) is 31.2 Å². The van der Waals surface area contributed by atoms with Gasteiger partial charge in [0.15, 0.2) is 0 Å². The molecule has 1 aromatic carbocycles. The number of halogens is 1. The van der Waals surface area contributed by atoms with Gasteiger partial charge >= 0.3 is 11.8 Å². The summed E-state index contributed by atoms with van der Waals surface area (Å²) in [5.41, 5.74) is 0.323. The Balaban J connectivity index is 2.48. The van der Waals surface area contributed by atoms with E-state index in [1.807, 2.05) is 0 Å². The number of aliphatic hydroxyl groups is 1. The molecule has 0 unspecified atom stereocenters. The van der Waals surface area contributed by atoms with Gasteiger partial charge in [-0.05, 0) is 31.2 Å². The van der Waals surface area contributed by atoms with Gasteiger partial charge in [0, 0.05) is 12.2 Å². The van der Waals surface area contributed by atoms with Crippen LogP contribution in [-0.2, 0) is 9.59 Å². The number of hydrogen-bond donors (Lipinski definition) is 3. The molecule has 2 amide bonds. The Labute approximate surface area is 97.6 Å². The maximum Gasteiger partial charge on any atom is 0.313 e. The second-order valence-electron chi connectivity index (χ2n) is 3.52. The molecule has 1 atom stereocenters. The van der Waals surface area contributed by atoms with Gasteiger partial charge in [-0.2, -0.15) is 0 Å². The van der Waals surface area contributed by atoms with Crippen molar-refractivity contribution in [3.63, 3.8) is 0 Å². The van der Waals surface area contributed by atoms with Crippen LogP contribution < -0.4 is 10.6 Å². The van der Waals surface area contributed by atoms with E-state index in [2.05, 4.69) is 10.6 Å². The van der Waals surface area contributed by atoms with Crippen LogP contribution in [0.3, 0.4) is 0 Å². The topological polar surface area (TPSA) is 78.4 Å². The molecule has 1 aromatic rings. The standard InChI is InChI=1S/C11H13FN2O3/c1-7(15)6-13-10(16)11(17)14-9-4-2-8(12)3-5-9/h2-5,7,15H,6H2,1H3,(H,13,16)(H,14,17)/t7-/m1/s1. The van der Waals surface area contributed by atoms with Crippen LogP contribution in [0.1, 0.15) is 6.92 Å². The minimum atomic E-state index is -0.864. The largest absolute Gasteiger partial charge is 0.392 e. The summed E-state index contributed by atoms with van der Waals surface area (Å²) in [6, 6.07) is 5.02. The van der Waals surface area contributed by atoms with Gasteiger partial charge in [0.2, 0.25) is 0 Å². The van der Waals surface area contributed by atoms with E-state index >= 15 is 0 Å². The summed E-state index contributed by atoms with van der Waals surface area (Å²) in [6.07, 6.45) is -0.724. The van der Waals surface area contributed by atoms with Gasteiger partial charge in [0.25, 0.3) is 0 Å². The molecule has 6 heteroatoms. The number of carbonyl (C=O) groups excluding carboxylic acids is 2. The number of rotatable bonds is 3. The van der Waals surface area contributed by atoms with Crippen molar-refractivity contribution in [2.75, 3.05) is 11.9 Å². The summed E-state index contributed by atoms with van der Waals surface area (Å²) in [6.45, 7) is 1.48. The molecule has 0 radical (unpaired) electrons. The summed E-state index contributed by atoms with van der Waals surface area (Å²) in [7, 11) is 0. The van der Waals surface area contributed by atoms with E-state index in [9.17, 15) is 14.0 Å². The zero-order chi connectivity index (χ0) is 12.8. The van der Waals surface area contributed by atoms with Crippen molar-refractivity contribution in [2.45, 2.75) is 13.0 Å². The average molecular weight is 240 g/mol. The van der Waals surface area contributed by atoms with Gasteiger partial charge in [-0.1, -0.05) is 0 Å². The monoisotopic (exact) mass is 240 g/mol. The fourth-order valence-corrected chi connectivity index (χ4v) is 1.04. The zero-order valence-electron chi connectivity index (χ0n) is 9.24. The molecule has 3 N–H and O–H groups in total. The van der Waals surface area contributed by atoms with Crippen LogP contribution in [-0.4, -0.2) is 29.6 Å². The van der Waals surface area contributed by atoms with Crippen LogP contribution in [0.15, 0.2) is 24.3 Å². The summed E-state index contributed by atoms with van der Waals surface area (Å²) in [4.78, 5) is 22.5. The molecular weight excluding hydrogens is 227 g/mol. The molecule has 1 rings (SSSR count). The Hall–Kier alpha value is -1.95. The summed E-state index contributed by atoms with van der Waals surface area (Å²) in [5, 5.41) is 13.4. The third kappa shape index (κ3) is 4.60. The van der Waals surface area contributed by atoms with Crippen LogP contribution >= 0.6 is 0 Å². The minimum Gasteiger partial charge on any atom is -0.392 e. The fourth-order valence-electron chi connectivity index (χ4n) is 1.04. The molecule has 5 nitrogen and oxygen atoms in total. The smallest absolute Gasteiger partial charge is 0.313 e. The van der Waals surface area contributed by atoms with E-state index in [0.717, 1.165) is 0 Å². The normalized spacial score (nSPS) is 11.7. The van der Waals surface area contributed by atoms with Gasteiger partial charge < -0.3 is 15.7 Å². The third-order valence-electron chi connectivity index (χ3n) is 1.87. The van der Waals surface area contributed by atoms with Gasteiger partial charge in [0.1, 0.15) is 5.82 Å². The summed E-state index contributed by atoms with van der Waals surface area (Å²) >= 11 is 0. The molecule has 0 aromatic heterocycles. The number of hydrogen-bond acceptors (Lipinski definition) is 3. The highest BCUT2D eigenvalue weighted by Gasteiger charge is 2.13. The predicted molar refractivity (Wildman–Crippen MR) is 59.7 cm³/mol. The lowest BCUT2D eigenvalue weighted by Gasteiger charge is -2.07. The number of anilines is 1. The molecule has 0 spiro atoms. The first-order valence-electron chi connectivity index (χ1n) is 5.02. The Morgan fingerprint density at radius 3 is 2.41 bits per heavy atom. The number of amides is 2. The molecule has 0 bridgehead atoms. The van der Waals surface area contributed by atoms with E-state index < -0.39 is 23.7 Å². The van der Waals surface area contributed by atoms with E-state index in [-0.39, 0.29) is 6.54 Å². The first kappa shape index (κ1) is 13.1. The lowest BCUT2D eigenvalue weighted by atomic mass is 10.3. The lowest BCUT2D eigenvalue weighted by molar-refractivity contribution is -0.136. The second kappa shape index (κ2) is 5.95. The maximum absolute atomic E-state index is 12.6. The fraction of sp³-hybridized carbons (Fsp3) is 0.273. The van der Waals surface area contributed by atoms with Crippen LogP contribution in [0.5, 0.6) is 0 Å². The molecule has 0 aliphatic rings. The SMILES string of the molecule is C[C@@H](O)CNC(=O)C(=O)Nc1ccc(F)cc1. The quantitative estimate of drug-likeness (QED) is 0.663. The van der Waals surface area contributed by atoms with Gasteiger partial charge in [0.05, 0.1) is 6.10 Å². The van der Waals surface area contributed by atoms with Crippen molar-refractivity contribution in [1.82, 2.24) is 5.32 Å². The Morgan fingerprint density at radius 1 is 1.29 bits per heavy atom. The van der Waals surface area contributed by atoms with E-state index in [4.69, 9.17) is 5.11 Å². The molecule has 0 heterocycles. The summed E-state index contributed by atoms with van der Waals surface area (Å²) in [5.74, 6) is -2.14. The number of aliphatic hydroxyl groups excluding tert-OH is 1. The van der Waals surface area contributed by atoms with Crippen molar-refractivity contribution in [2.24, 2.45) is 0 Å². The Morgan fingerprint density at radius 2 is 1.88 bits per heavy atom. The lowest BCUT2D eigenvalue weighted by Crippen LogP contribution is -2.38. The van der Waals surface area contributed by atoms with Crippen molar-refractivity contribution < 1.29 is 19.1 Å². The molecular formula is C11H13FN2O3. The molecule has 0 aliphatic carbocycles. The van der Waals surface area contributed by atoms with Gasteiger partial charge in [-0.3, -0.25) is 9.59 Å². The van der Waals surface area contributed by atoms with E-state index in [0.29, 0.717) is 5.69 Å². The first-order valence-corrected chi connectivity index (χ1v) is 5.02. The van der Waals surface area contributed by atoms with Crippen molar-refractivity contribution in [1.29, 1.82) is 0 Å². The predicted octanol–water partition coefficient (Wildman–Crippen LogP) is 0.261. The maximum atomic E-state index is 12.6. The highest BCUT2D eigenvalue weighted by atomic mass is 19.1. The van der Waals surface area contributed by atoms with Gasteiger partial charge in [-0.25, -0.2) is 4.39 Å². The first-order chi connectivity index (χ1) is 7.99. The third-order valence-corrected chi connectivity index (χ3v) is 1.87. The minimum absolute atomic E-state index is 0.00429. The number of benzene rings is 1. The highest BCUT2D eigenvalue weighted by molar-refractivity contribution is 6.39. The zero-order valence-corrected chi connectivity index (χ0v) is 9.24. The van der Waals surface area contributed by atoms with Crippen LogP contribution in [0.2, 0.25) is 0 Å². The molecule has 17 heavy (non-hydrogen) atoms. The molecule has 0 saturated carbocycles. The Bertz CT molecular complexity index is 404. The van der Waals surface area contributed by atoms with E-state index in [1.54, 1.807) is 0 Å². The van der Waals surface area contributed by atoms with Crippen LogP contribution in [0.25, 0.3) is 0 Å². The molecule has 0 aliphatic heterocycles. The van der Waals surface area contributed by atoms with Crippen molar-refractivity contribution >= 4 is 17.5 Å². The second-order valence-corrected chi connectivity index (χ2v) is 3.52. The molecule has 92 valence electrons. The van der Waals surface area contributed by atoms with Crippen LogP contribution in [0.4, 0.5) is 10.1 Å². The van der Waals surface area contributed by atoms with Crippen molar-refractivity contribution in [3.05, 3.63) is 30.1 Å². The summed E-state index contributed by atoms with van der Waals surface area (Å²) < 4.78 is 12.6. The molecule has 0 saturated heterocycles. The average Bonchev–Trinajstić information content (AvgIpc) is 2.28. The molecule has 0 fully saturated rings. The number of nitrogens with one attached hydrogen (secondary N) is 2. The van der Waals surface area contributed by atoms with Gasteiger partial charge in [-0.15, -0.1) is 0 Å².